The predicted molar refractivity (Wildman–Crippen MR) is 95.5 cm³/mol. The minimum absolute atomic E-state index is 0.246. The molecule has 6 nitrogen and oxygen atoms in total. The summed E-state index contributed by atoms with van der Waals surface area (Å²) in [7, 11) is 0. The van der Waals surface area contributed by atoms with E-state index in [0.717, 1.165) is 23.4 Å². The first-order chi connectivity index (χ1) is 12.3. The molecule has 0 aliphatic heterocycles. The van der Waals surface area contributed by atoms with Crippen LogP contribution in [0.1, 0.15) is 38.6 Å². The van der Waals surface area contributed by atoms with Crippen LogP contribution in [0.5, 0.6) is 0 Å². The van der Waals surface area contributed by atoms with Crippen LogP contribution in [-0.4, -0.2) is 29.9 Å². The van der Waals surface area contributed by atoms with Gasteiger partial charge in [0.25, 0.3) is 0 Å². The van der Waals surface area contributed by atoms with Crippen molar-refractivity contribution >= 4 is 0 Å². The lowest BCUT2D eigenvalue weighted by atomic mass is 9.95. The van der Waals surface area contributed by atoms with Crippen LogP contribution in [-0.2, 0) is 0 Å². The van der Waals surface area contributed by atoms with Crippen molar-refractivity contribution in [3.05, 3.63) is 54.6 Å². The zero-order valence-corrected chi connectivity index (χ0v) is 14.2. The largest absolute Gasteiger partial charge is 0.253 e. The number of allylic oxidation sites excluding steroid dienone is 2. The maximum atomic E-state index is 4.41. The first kappa shape index (κ1) is 15.6. The van der Waals surface area contributed by atoms with Crippen molar-refractivity contribution < 1.29 is 0 Å². The van der Waals surface area contributed by atoms with E-state index < -0.39 is 0 Å². The average molecular weight is 332 g/mol. The van der Waals surface area contributed by atoms with E-state index >= 15 is 0 Å². The summed E-state index contributed by atoms with van der Waals surface area (Å²) in [6, 6.07) is 5.94. The van der Waals surface area contributed by atoms with Gasteiger partial charge in [-0.3, -0.25) is 4.98 Å². The van der Waals surface area contributed by atoms with Crippen LogP contribution in [0, 0.1) is 0 Å². The molecule has 4 rings (SSSR count). The van der Waals surface area contributed by atoms with Crippen molar-refractivity contribution in [2.45, 2.75) is 38.6 Å². The van der Waals surface area contributed by atoms with Crippen molar-refractivity contribution in [1.82, 2.24) is 29.9 Å². The van der Waals surface area contributed by atoms with Gasteiger partial charge in [0.1, 0.15) is 11.4 Å². The van der Waals surface area contributed by atoms with Gasteiger partial charge >= 0.3 is 0 Å². The summed E-state index contributed by atoms with van der Waals surface area (Å²) in [6.07, 6.45) is 14.5. The van der Waals surface area contributed by atoms with Crippen molar-refractivity contribution in [3.8, 4) is 22.8 Å². The first-order valence-electron chi connectivity index (χ1n) is 8.66. The Balaban J connectivity index is 1.55. The molecular formula is C19H20N6. The number of hydrogen-bond acceptors (Lipinski definition) is 5. The molecule has 3 aromatic heterocycles. The minimum Gasteiger partial charge on any atom is -0.253 e. The Hall–Kier alpha value is -2.89. The third-order valence-electron chi connectivity index (χ3n) is 4.61. The average Bonchev–Trinajstić information content (AvgIpc) is 3.19. The fraction of sp³-hybridized carbons (Fsp3) is 0.316. The maximum Gasteiger partial charge on any atom is 0.178 e. The molecule has 0 spiro atoms. The summed E-state index contributed by atoms with van der Waals surface area (Å²) in [5.74, 6) is 0.609. The molecule has 0 bridgehead atoms. The molecule has 0 saturated carbocycles. The van der Waals surface area contributed by atoms with Crippen molar-refractivity contribution in [2.75, 3.05) is 0 Å². The van der Waals surface area contributed by atoms with Gasteiger partial charge in [0, 0.05) is 24.2 Å². The third kappa shape index (κ3) is 3.33. The number of hydrogen-bond donors (Lipinski definition) is 0. The lowest BCUT2D eigenvalue weighted by molar-refractivity contribution is 0.501. The van der Waals surface area contributed by atoms with E-state index in [2.05, 4.69) is 38.3 Å². The normalized spacial score (nSPS) is 15.6. The summed E-state index contributed by atoms with van der Waals surface area (Å²) >= 11 is 0. The molecule has 0 N–H and O–H groups in total. The van der Waals surface area contributed by atoms with Crippen LogP contribution < -0.4 is 0 Å². The van der Waals surface area contributed by atoms with Crippen molar-refractivity contribution in [3.63, 3.8) is 0 Å². The highest BCUT2D eigenvalue weighted by Gasteiger charge is 2.16. The fourth-order valence-corrected chi connectivity index (χ4v) is 3.10. The maximum absolute atomic E-state index is 4.41. The molecule has 0 aromatic carbocycles. The predicted octanol–water partition coefficient (Wildman–Crippen LogP) is 3.86. The van der Waals surface area contributed by atoms with Crippen molar-refractivity contribution in [1.29, 1.82) is 0 Å². The van der Waals surface area contributed by atoms with Gasteiger partial charge in [0.15, 0.2) is 5.82 Å². The molecule has 6 heteroatoms. The molecule has 25 heavy (non-hydrogen) atoms. The van der Waals surface area contributed by atoms with Crippen LogP contribution >= 0.6 is 0 Å². The van der Waals surface area contributed by atoms with Crippen molar-refractivity contribution in [2.24, 2.45) is 0 Å². The first-order valence-corrected chi connectivity index (χ1v) is 8.66. The Morgan fingerprint density at radius 1 is 1.04 bits per heavy atom. The third-order valence-corrected chi connectivity index (χ3v) is 4.61. The Morgan fingerprint density at radius 3 is 2.64 bits per heavy atom. The highest BCUT2D eigenvalue weighted by molar-refractivity contribution is 5.57. The van der Waals surface area contributed by atoms with Crippen LogP contribution in [0.2, 0.25) is 0 Å². The van der Waals surface area contributed by atoms with Gasteiger partial charge in [0.05, 0.1) is 12.2 Å². The molecule has 126 valence electrons. The molecule has 3 heterocycles. The van der Waals surface area contributed by atoms with Crippen LogP contribution in [0.3, 0.4) is 0 Å². The monoisotopic (exact) mass is 332 g/mol. The topological polar surface area (TPSA) is 69.4 Å². The molecule has 1 aliphatic rings. The highest BCUT2D eigenvalue weighted by atomic mass is 15.4. The number of pyridine rings is 1. The lowest BCUT2D eigenvalue weighted by Gasteiger charge is -2.19. The zero-order chi connectivity index (χ0) is 17.1. The van der Waals surface area contributed by atoms with Crippen LogP contribution in [0.15, 0.2) is 54.6 Å². The minimum atomic E-state index is 0.246. The Kier molecular flexibility index (Phi) is 4.33. The number of nitrogens with zero attached hydrogens (tertiary/aromatic N) is 6. The summed E-state index contributed by atoms with van der Waals surface area (Å²) in [4.78, 5) is 13.1. The van der Waals surface area contributed by atoms with Gasteiger partial charge < -0.3 is 0 Å². The Bertz CT molecular complexity index is 866. The summed E-state index contributed by atoms with van der Waals surface area (Å²) in [6.45, 7) is 2.18. The second kappa shape index (κ2) is 6.93. The van der Waals surface area contributed by atoms with E-state index in [9.17, 15) is 0 Å². The van der Waals surface area contributed by atoms with E-state index in [1.165, 1.54) is 24.8 Å². The van der Waals surface area contributed by atoms with Gasteiger partial charge in [-0.05, 0) is 44.7 Å². The van der Waals surface area contributed by atoms with Gasteiger partial charge in [0.2, 0.25) is 0 Å². The second-order valence-electron chi connectivity index (χ2n) is 6.29. The van der Waals surface area contributed by atoms with E-state index in [0.29, 0.717) is 5.82 Å². The highest BCUT2D eigenvalue weighted by Crippen LogP contribution is 2.28. The summed E-state index contributed by atoms with van der Waals surface area (Å²) in [5, 5.41) is 8.60. The molecule has 0 saturated heterocycles. The Labute approximate surface area is 146 Å². The molecule has 1 atom stereocenters. The van der Waals surface area contributed by atoms with Crippen LogP contribution in [0.25, 0.3) is 22.8 Å². The molecule has 3 aromatic rings. The number of rotatable bonds is 4. The zero-order valence-electron chi connectivity index (χ0n) is 14.2. The molecule has 0 radical (unpaired) electrons. The molecule has 0 fully saturated rings. The smallest absolute Gasteiger partial charge is 0.178 e. The molecule has 0 amide bonds. The molecule has 1 unspecified atom stereocenters. The van der Waals surface area contributed by atoms with Gasteiger partial charge in [-0.2, -0.15) is 0 Å². The summed E-state index contributed by atoms with van der Waals surface area (Å²) in [5.41, 5.74) is 3.85. The Morgan fingerprint density at radius 2 is 1.92 bits per heavy atom. The molecular weight excluding hydrogens is 312 g/mol. The quantitative estimate of drug-likeness (QED) is 0.679. The van der Waals surface area contributed by atoms with Crippen LogP contribution in [0.4, 0.5) is 0 Å². The van der Waals surface area contributed by atoms with Gasteiger partial charge in [-0.15, -0.1) is 5.10 Å². The number of aromatic nitrogens is 6. The SMILES string of the molecule is CC(C1=CCCCC1)n1cc(-c2cnc(-c3ccccn3)nc2)nn1. The lowest BCUT2D eigenvalue weighted by Crippen LogP contribution is -2.10. The van der Waals surface area contributed by atoms with Gasteiger partial charge in [-0.1, -0.05) is 22.9 Å². The standard InChI is InChI=1S/C19H20N6/c1-14(15-7-3-2-4-8-15)25-13-18(23-24-25)16-11-21-19(22-12-16)17-9-5-6-10-20-17/h5-7,9-14H,2-4,8H2,1H3. The fourth-order valence-electron chi connectivity index (χ4n) is 3.10. The van der Waals surface area contributed by atoms with E-state index in [-0.39, 0.29) is 6.04 Å². The van der Waals surface area contributed by atoms with E-state index in [1.807, 2.05) is 29.1 Å². The van der Waals surface area contributed by atoms with E-state index in [1.54, 1.807) is 18.6 Å². The van der Waals surface area contributed by atoms with Gasteiger partial charge in [-0.25, -0.2) is 14.6 Å². The summed E-state index contributed by atoms with van der Waals surface area (Å²) < 4.78 is 1.93. The second-order valence-corrected chi connectivity index (χ2v) is 6.29. The molecule has 1 aliphatic carbocycles. The van der Waals surface area contributed by atoms with E-state index in [4.69, 9.17) is 0 Å².